The number of methoxy groups -OCH3 is 2. The van der Waals surface area contributed by atoms with Crippen LogP contribution in [0.1, 0.15) is 27.9 Å². The molecule has 1 heterocycles. The number of Topliss-reactive ketones (excluding diaryl/α,β-unsaturated/α-hetero) is 1. The number of hydrogen-bond donors (Lipinski definition) is 1. The second-order valence-electron chi connectivity index (χ2n) is 7.57. The van der Waals surface area contributed by atoms with Crippen LogP contribution in [0.5, 0.6) is 11.5 Å². The molecule has 1 aliphatic heterocycles. The van der Waals surface area contributed by atoms with Gasteiger partial charge >= 0.3 is 0 Å². The first kappa shape index (κ1) is 22.0. The number of halogens is 1. The lowest BCUT2D eigenvalue weighted by Crippen LogP contribution is -2.41. The molecule has 6 nitrogen and oxygen atoms in total. The Labute approximate surface area is 194 Å². The van der Waals surface area contributed by atoms with Crippen LogP contribution in [-0.2, 0) is 16.9 Å². The molecule has 0 radical (unpaired) electrons. The number of hydrogen-bond acceptors (Lipinski definition) is 5. The molecule has 3 aromatic carbocycles. The molecular formula is C25H22BrNO5. The summed E-state index contributed by atoms with van der Waals surface area (Å²) in [7, 11) is 2.99. The van der Waals surface area contributed by atoms with E-state index in [2.05, 4.69) is 15.9 Å². The third-order valence-corrected chi connectivity index (χ3v) is 6.09. The van der Waals surface area contributed by atoms with Crippen LogP contribution in [-0.4, -0.2) is 31.0 Å². The van der Waals surface area contributed by atoms with E-state index < -0.39 is 17.9 Å². The Morgan fingerprint density at radius 2 is 1.72 bits per heavy atom. The Hall–Kier alpha value is -3.16. The maximum atomic E-state index is 13.5. The number of nitrogens with zero attached hydrogens (tertiary/aromatic N) is 1. The van der Waals surface area contributed by atoms with Gasteiger partial charge in [-0.2, -0.15) is 0 Å². The number of anilines is 1. The molecule has 0 spiro atoms. The van der Waals surface area contributed by atoms with Crippen LogP contribution in [0.4, 0.5) is 5.69 Å². The minimum absolute atomic E-state index is 0.293. The highest BCUT2D eigenvalue weighted by molar-refractivity contribution is 9.10. The van der Waals surface area contributed by atoms with Crippen molar-refractivity contribution >= 4 is 33.3 Å². The van der Waals surface area contributed by atoms with Crippen molar-refractivity contribution in [1.82, 2.24) is 0 Å². The van der Waals surface area contributed by atoms with E-state index in [1.807, 2.05) is 36.4 Å². The molecule has 3 aromatic rings. The summed E-state index contributed by atoms with van der Waals surface area (Å²) in [6, 6.07) is 19.6. The summed E-state index contributed by atoms with van der Waals surface area (Å²) in [4.78, 5) is 28.1. The number of fused-ring (bicyclic) bond motifs is 1. The number of rotatable bonds is 7. The van der Waals surface area contributed by atoms with Gasteiger partial charge < -0.3 is 19.5 Å². The molecule has 1 amide bonds. The van der Waals surface area contributed by atoms with Crippen molar-refractivity contribution in [2.45, 2.75) is 18.6 Å². The predicted octanol–water partition coefficient (Wildman–Crippen LogP) is 4.47. The highest BCUT2D eigenvalue weighted by Gasteiger charge is 2.51. The van der Waals surface area contributed by atoms with Crippen LogP contribution in [0.2, 0.25) is 0 Å². The van der Waals surface area contributed by atoms with Gasteiger partial charge in [0, 0.05) is 15.6 Å². The van der Waals surface area contributed by atoms with E-state index in [0.29, 0.717) is 39.3 Å². The van der Waals surface area contributed by atoms with Crippen molar-refractivity contribution in [2.24, 2.45) is 0 Å². The van der Waals surface area contributed by atoms with Gasteiger partial charge in [0.2, 0.25) is 0 Å². The number of aliphatic hydroxyl groups is 1. The summed E-state index contributed by atoms with van der Waals surface area (Å²) in [5.74, 6) is -0.0162. The Kier molecular flexibility index (Phi) is 6.04. The summed E-state index contributed by atoms with van der Waals surface area (Å²) in [5, 5.41) is 11.6. The summed E-state index contributed by atoms with van der Waals surface area (Å²) in [6.07, 6.45) is -0.393. The van der Waals surface area contributed by atoms with E-state index in [0.717, 1.165) is 5.56 Å². The molecular weight excluding hydrogens is 474 g/mol. The molecule has 4 rings (SSSR count). The van der Waals surface area contributed by atoms with Crippen LogP contribution in [0.15, 0.2) is 71.2 Å². The lowest BCUT2D eigenvalue weighted by Gasteiger charge is -2.23. The van der Waals surface area contributed by atoms with E-state index in [9.17, 15) is 14.7 Å². The van der Waals surface area contributed by atoms with Gasteiger partial charge in [-0.25, -0.2) is 0 Å². The normalized spacial score (nSPS) is 17.2. The Balaban J connectivity index is 1.69. The average molecular weight is 496 g/mol. The van der Waals surface area contributed by atoms with E-state index in [1.165, 1.54) is 19.1 Å². The van der Waals surface area contributed by atoms with Crippen molar-refractivity contribution in [3.63, 3.8) is 0 Å². The van der Waals surface area contributed by atoms with Gasteiger partial charge in [0.1, 0.15) is 0 Å². The zero-order valence-electron chi connectivity index (χ0n) is 17.7. The Bertz CT molecular complexity index is 1180. The summed E-state index contributed by atoms with van der Waals surface area (Å²) < 4.78 is 11.2. The second kappa shape index (κ2) is 8.76. The number of ketones is 1. The fourth-order valence-electron chi connectivity index (χ4n) is 3.96. The first-order valence-corrected chi connectivity index (χ1v) is 10.8. The number of benzene rings is 3. The topological polar surface area (TPSA) is 76.1 Å². The van der Waals surface area contributed by atoms with E-state index in [4.69, 9.17) is 9.47 Å². The van der Waals surface area contributed by atoms with Crippen molar-refractivity contribution in [3.05, 3.63) is 87.9 Å². The van der Waals surface area contributed by atoms with Crippen LogP contribution in [0.25, 0.3) is 0 Å². The molecule has 32 heavy (non-hydrogen) atoms. The van der Waals surface area contributed by atoms with Crippen molar-refractivity contribution in [3.8, 4) is 11.5 Å². The molecule has 0 aliphatic carbocycles. The molecule has 164 valence electrons. The molecule has 0 saturated heterocycles. The molecule has 0 fully saturated rings. The van der Waals surface area contributed by atoms with Gasteiger partial charge in [0.25, 0.3) is 5.91 Å². The standard InChI is InChI=1S/C25H22BrNO5/c1-31-22-11-8-17(12-23(22)32-2)21(28)14-25(30)19-13-18(26)9-10-20(19)27(24(25)29)15-16-6-4-3-5-7-16/h3-13,30H,14-15H2,1-2H3. The summed E-state index contributed by atoms with van der Waals surface area (Å²) in [5.41, 5.74) is 0.261. The number of amides is 1. The maximum absolute atomic E-state index is 13.5. The van der Waals surface area contributed by atoms with Crippen molar-refractivity contribution in [1.29, 1.82) is 0 Å². The zero-order valence-corrected chi connectivity index (χ0v) is 19.3. The zero-order chi connectivity index (χ0) is 22.9. The Morgan fingerprint density at radius 3 is 2.41 bits per heavy atom. The van der Waals surface area contributed by atoms with Gasteiger partial charge in [-0.05, 0) is 42.0 Å². The molecule has 1 atom stereocenters. The Morgan fingerprint density at radius 1 is 1.00 bits per heavy atom. The van der Waals surface area contributed by atoms with Crippen LogP contribution < -0.4 is 14.4 Å². The predicted molar refractivity (Wildman–Crippen MR) is 124 cm³/mol. The third kappa shape index (κ3) is 3.89. The minimum Gasteiger partial charge on any atom is -0.493 e. The largest absolute Gasteiger partial charge is 0.493 e. The SMILES string of the molecule is COc1ccc(C(=O)CC2(O)C(=O)N(Cc3ccccc3)c3ccc(Br)cc32)cc1OC. The molecule has 0 aromatic heterocycles. The fourth-order valence-corrected chi connectivity index (χ4v) is 4.32. The second-order valence-corrected chi connectivity index (χ2v) is 8.48. The highest BCUT2D eigenvalue weighted by atomic mass is 79.9. The average Bonchev–Trinajstić information content (AvgIpc) is 3.00. The van der Waals surface area contributed by atoms with Crippen molar-refractivity contribution < 1.29 is 24.2 Å². The summed E-state index contributed by atoms with van der Waals surface area (Å²) >= 11 is 3.41. The smallest absolute Gasteiger partial charge is 0.264 e. The minimum atomic E-state index is -1.97. The molecule has 1 N–H and O–H groups in total. The highest BCUT2D eigenvalue weighted by Crippen LogP contribution is 2.45. The monoisotopic (exact) mass is 495 g/mol. The lowest BCUT2D eigenvalue weighted by atomic mass is 9.88. The maximum Gasteiger partial charge on any atom is 0.264 e. The molecule has 1 unspecified atom stereocenters. The van der Waals surface area contributed by atoms with Crippen molar-refractivity contribution in [2.75, 3.05) is 19.1 Å². The molecule has 0 bridgehead atoms. The number of carbonyl (C=O) groups excluding carboxylic acids is 2. The van der Waals surface area contributed by atoms with Crippen LogP contribution in [0, 0.1) is 0 Å². The van der Waals surface area contributed by atoms with Gasteiger partial charge in [0.15, 0.2) is 22.9 Å². The molecule has 7 heteroatoms. The van der Waals surface area contributed by atoms with Crippen LogP contribution in [0.3, 0.4) is 0 Å². The lowest BCUT2D eigenvalue weighted by molar-refractivity contribution is -0.136. The van der Waals surface area contributed by atoms with Gasteiger partial charge in [0.05, 0.1) is 32.9 Å². The molecule has 1 aliphatic rings. The number of ether oxygens (including phenoxy) is 2. The third-order valence-electron chi connectivity index (χ3n) is 5.60. The quantitative estimate of drug-likeness (QED) is 0.489. The summed E-state index contributed by atoms with van der Waals surface area (Å²) in [6.45, 7) is 0.293. The van der Waals surface area contributed by atoms with Gasteiger partial charge in [-0.1, -0.05) is 46.3 Å². The van der Waals surface area contributed by atoms with Gasteiger partial charge in [-0.15, -0.1) is 0 Å². The van der Waals surface area contributed by atoms with E-state index in [-0.39, 0.29) is 5.78 Å². The first-order chi connectivity index (χ1) is 15.4. The fraction of sp³-hybridized carbons (Fsp3) is 0.200. The molecule has 0 saturated carbocycles. The van der Waals surface area contributed by atoms with E-state index in [1.54, 1.807) is 30.3 Å². The van der Waals surface area contributed by atoms with Crippen LogP contribution >= 0.6 is 15.9 Å². The van der Waals surface area contributed by atoms with E-state index >= 15 is 0 Å². The number of carbonyl (C=O) groups is 2. The van der Waals surface area contributed by atoms with Gasteiger partial charge in [-0.3, -0.25) is 9.59 Å². The first-order valence-electron chi connectivity index (χ1n) is 10.0.